The standard InChI is InChI=1S/C18H16N2/c1-15-7-9-16(10-8-15)13-18(20-12-11-19-14-20)17-5-3-2-4-6-17/h2-14H,1H3/b18-13-. The molecule has 0 N–H and O–H groups in total. The highest BCUT2D eigenvalue weighted by Gasteiger charge is 2.03. The molecule has 0 spiro atoms. The summed E-state index contributed by atoms with van der Waals surface area (Å²) >= 11 is 0. The normalized spacial score (nSPS) is 11.6. The molecule has 0 unspecified atom stereocenters. The molecule has 1 heterocycles. The van der Waals surface area contributed by atoms with Crippen LogP contribution in [0.2, 0.25) is 0 Å². The molecule has 0 bridgehead atoms. The van der Waals surface area contributed by atoms with E-state index in [1.807, 2.05) is 23.2 Å². The van der Waals surface area contributed by atoms with Crippen LogP contribution in [0.25, 0.3) is 11.8 Å². The zero-order valence-electron chi connectivity index (χ0n) is 11.4. The molecule has 0 radical (unpaired) electrons. The maximum absolute atomic E-state index is 4.15. The summed E-state index contributed by atoms with van der Waals surface area (Å²) in [4.78, 5) is 4.15. The first-order chi connectivity index (χ1) is 9.83. The molecule has 0 fully saturated rings. The Labute approximate surface area is 119 Å². The number of rotatable bonds is 3. The van der Waals surface area contributed by atoms with Gasteiger partial charge in [0, 0.05) is 12.4 Å². The summed E-state index contributed by atoms with van der Waals surface area (Å²) in [6.45, 7) is 2.10. The zero-order chi connectivity index (χ0) is 13.8. The topological polar surface area (TPSA) is 17.8 Å². The largest absolute Gasteiger partial charge is 0.306 e. The maximum atomic E-state index is 4.15. The number of hydrogen-bond acceptors (Lipinski definition) is 1. The molecule has 2 nitrogen and oxygen atoms in total. The Balaban J connectivity index is 2.08. The van der Waals surface area contributed by atoms with Crippen LogP contribution in [0.3, 0.4) is 0 Å². The number of nitrogens with zero attached hydrogens (tertiary/aromatic N) is 2. The molecule has 1 aromatic heterocycles. The van der Waals surface area contributed by atoms with Gasteiger partial charge < -0.3 is 4.57 Å². The molecule has 0 saturated carbocycles. The maximum Gasteiger partial charge on any atom is 0.0991 e. The minimum absolute atomic E-state index is 1.12. The highest BCUT2D eigenvalue weighted by Crippen LogP contribution is 2.20. The number of aryl methyl sites for hydroxylation is 1. The average molecular weight is 260 g/mol. The van der Waals surface area contributed by atoms with E-state index in [1.165, 1.54) is 16.7 Å². The molecule has 20 heavy (non-hydrogen) atoms. The van der Waals surface area contributed by atoms with E-state index in [9.17, 15) is 0 Å². The second-order valence-corrected chi connectivity index (χ2v) is 4.78. The third-order valence-corrected chi connectivity index (χ3v) is 3.23. The van der Waals surface area contributed by atoms with Crippen molar-refractivity contribution < 1.29 is 0 Å². The first-order valence-electron chi connectivity index (χ1n) is 6.65. The van der Waals surface area contributed by atoms with E-state index in [4.69, 9.17) is 0 Å². The Morgan fingerprint density at radius 3 is 2.40 bits per heavy atom. The Morgan fingerprint density at radius 1 is 1.00 bits per heavy atom. The molecule has 0 amide bonds. The van der Waals surface area contributed by atoms with Crippen molar-refractivity contribution in [2.45, 2.75) is 6.92 Å². The van der Waals surface area contributed by atoms with Crippen molar-refractivity contribution in [3.8, 4) is 0 Å². The smallest absolute Gasteiger partial charge is 0.0991 e. The molecule has 2 heteroatoms. The van der Waals surface area contributed by atoms with Crippen LogP contribution in [0.1, 0.15) is 16.7 Å². The van der Waals surface area contributed by atoms with E-state index in [0.29, 0.717) is 0 Å². The van der Waals surface area contributed by atoms with E-state index < -0.39 is 0 Å². The molecule has 0 aliphatic carbocycles. The number of hydrogen-bond donors (Lipinski definition) is 0. The summed E-state index contributed by atoms with van der Waals surface area (Å²) in [6.07, 6.45) is 7.77. The highest BCUT2D eigenvalue weighted by molar-refractivity contribution is 5.81. The first-order valence-corrected chi connectivity index (χ1v) is 6.65. The predicted molar refractivity (Wildman–Crippen MR) is 83.1 cm³/mol. The van der Waals surface area contributed by atoms with Crippen LogP contribution in [0.15, 0.2) is 73.3 Å². The van der Waals surface area contributed by atoms with Gasteiger partial charge in [-0.15, -0.1) is 0 Å². The average Bonchev–Trinajstić information content (AvgIpc) is 3.01. The fourth-order valence-corrected chi connectivity index (χ4v) is 2.14. The summed E-state index contributed by atoms with van der Waals surface area (Å²) < 4.78 is 2.04. The van der Waals surface area contributed by atoms with Gasteiger partial charge in [0.2, 0.25) is 0 Å². The van der Waals surface area contributed by atoms with E-state index >= 15 is 0 Å². The van der Waals surface area contributed by atoms with E-state index in [0.717, 1.165) is 5.70 Å². The lowest BCUT2D eigenvalue weighted by Crippen LogP contribution is -1.95. The fraction of sp³-hybridized carbons (Fsp3) is 0.0556. The quantitative estimate of drug-likeness (QED) is 0.644. The fourth-order valence-electron chi connectivity index (χ4n) is 2.14. The van der Waals surface area contributed by atoms with Crippen LogP contribution >= 0.6 is 0 Å². The van der Waals surface area contributed by atoms with Gasteiger partial charge in [-0.05, 0) is 24.1 Å². The van der Waals surface area contributed by atoms with Crippen LogP contribution < -0.4 is 0 Å². The summed E-state index contributed by atoms with van der Waals surface area (Å²) in [6, 6.07) is 18.9. The highest BCUT2D eigenvalue weighted by atomic mass is 15.0. The van der Waals surface area contributed by atoms with E-state index in [1.54, 1.807) is 6.20 Å². The monoisotopic (exact) mass is 260 g/mol. The van der Waals surface area contributed by atoms with Gasteiger partial charge in [0.05, 0.1) is 12.0 Å². The minimum atomic E-state index is 1.12. The number of aromatic nitrogens is 2. The van der Waals surface area contributed by atoms with Gasteiger partial charge in [0.1, 0.15) is 0 Å². The van der Waals surface area contributed by atoms with Gasteiger partial charge in [0.25, 0.3) is 0 Å². The van der Waals surface area contributed by atoms with Crippen molar-refractivity contribution in [1.29, 1.82) is 0 Å². The minimum Gasteiger partial charge on any atom is -0.306 e. The van der Waals surface area contributed by atoms with Gasteiger partial charge in [-0.2, -0.15) is 0 Å². The van der Waals surface area contributed by atoms with Crippen molar-refractivity contribution in [2.75, 3.05) is 0 Å². The van der Waals surface area contributed by atoms with Gasteiger partial charge in [-0.3, -0.25) is 0 Å². The number of imidazole rings is 1. The zero-order valence-corrected chi connectivity index (χ0v) is 11.4. The van der Waals surface area contributed by atoms with Crippen LogP contribution in [-0.4, -0.2) is 9.55 Å². The van der Waals surface area contributed by atoms with E-state index in [2.05, 4.69) is 66.5 Å². The summed E-state index contributed by atoms with van der Waals surface area (Å²) in [5.74, 6) is 0. The van der Waals surface area contributed by atoms with Crippen molar-refractivity contribution in [3.63, 3.8) is 0 Å². The lowest BCUT2D eigenvalue weighted by atomic mass is 10.1. The Morgan fingerprint density at radius 2 is 1.75 bits per heavy atom. The van der Waals surface area contributed by atoms with Crippen molar-refractivity contribution in [2.24, 2.45) is 0 Å². The lowest BCUT2D eigenvalue weighted by molar-refractivity contribution is 1.09. The third-order valence-electron chi connectivity index (χ3n) is 3.23. The van der Waals surface area contributed by atoms with Gasteiger partial charge in [-0.25, -0.2) is 4.98 Å². The molecule has 0 aliphatic heterocycles. The lowest BCUT2D eigenvalue weighted by Gasteiger charge is -2.09. The van der Waals surface area contributed by atoms with Crippen LogP contribution in [-0.2, 0) is 0 Å². The SMILES string of the molecule is Cc1ccc(/C=C(/c2ccccc2)n2ccnc2)cc1. The molecule has 0 aliphatic rings. The van der Waals surface area contributed by atoms with Crippen molar-refractivity contribution in [3.05, 3.63) is 90.0 Å². The number of benzene rings is 2. The molecular weight excluding hydrogens is 244 g/mol. The first kappa shape index (κ1) is 12.4. The molecule has 0 saturated heterocycles. The molecule has 0 atom stereocenters. The van der Waals surface area contributed by atoms with Crippen molar-refractivity contribution in [1.82, 2.24) is 9.55 Å². The molecule has 98 valence electrons. The van der Waals surface area contributed by atoms with Gasteiger partial charge in [-0.1, -0.05) is 60.2 Å². The predicted octanol–water partition coefficient (Wildman–Crippen LogP) is 4.24. The van der Waals surface area contributed by atoms with Crippen LogP contribution in [0, 0.1) is 6.92 Å². The second kappa shape index (κ2) is 5.57. The Hall–Kier alpha value is -2.61. The Bertz CT molecular complexity index is 693. The molecule has 3 aromatic rings. The summed E-state index contributed by atoms with van der Waals surface area (Å²) in [5, 5.41) is 0. The summed E-state index contributed by atoms with van der Waals surface area (Å²) in [7, 11) is 0. The Kier molecular flexibility index (Phi) is 3.46. The third kappa shape index (κ3) is 2.69. The molecule has 2 aromatic carbocycles. The van der Waals surface area contributed by atoms with E-state index in [-0.39, 0.29) is 0 Å². The second-order valence-electron chi connectivity index (χ2n) is 4.78. The van der Waals surface area contributed by atoms with Gasteiger partial charge in [0.15, 0.2) is 0 Å². The van der Waals surface area contributed by atoms with Crippen LogP contribution in [0.4, 0.5) is 0 Å². The molecular formula is C18H16N2. The van der Waals surface area contributed by atoms with Gasteiger partial charge >= 0.3 is 0 Å². The summed E-state index contributed by atoms with van der Waals surface area (Å²) in [5.41, 5.74) is 4.74. The van der Waals surface area contributed by atoms with Crippen LogP contribution in [0.5, 0.6) is 0 Å². The van der Waals surface area contributed by atoms with Crippen molar-refractivity contribution >= 4 is 11.8 Å². The molecule has 3 rings (SSSR count).